The molecule has 0 radical (unpaired) electrons. The molecule has 1 aliphatic rings. The minimum atomic E-state index is -3.51. The fourth-order valence-electron chi connectivity index (χ4n) is 2.47. The molecule has 1 fully saturated rings. The van der Waals surface area contributed by atoms with Crippen molar-refractivity contribution >= 4 is 37.7 Å². The molecule has 23 heavy (non-hydrogen) atoms. The summed E-state index contributed by atoms with van der Waals surface area (Å²) in [6, 6.07) is 14.3. The molecule has 1 saturated heterocycles. The van der Waals surface area contributed by atoms with Gasteiger partial charge in [-0.3, -0.25) is 0 Å². The molecule has 0 N–H and O–H groups in total. The number of rotatable bonds is 4. The molecule has 2 aromatic rings. The van der Waals surface area contributed by atoms with E-state index in [9.17, 15) is 8.42 Å². The van der Waals surface area contributed by atoms with Crippen LogP contribution >= 0.6 is 27.7 Å². The third kappa shape index (κ3) is 3.42. The van der Waals surface area contributed by atoms with Crippen LogP contribution in [0.1, 0.15) is 10.9 Å². The van der Waals surface area contributed by atoms with Gasteiger partial charge in [0.05, 0.1) is 17.4 Å². The van der Waals surface area contributed by atoms with Crippen molar-refractivity contribution in [1.29, 1.82) is 0 Å². The van der Waals surface area contributed by atoms with Gasteiger partial charge in [0.15, 0.2) is 0 Å². The SMILES string of the molecule is COc1ccc(C2SCCN2S(=O)(=O)c2ccc(Br)cc2)cc1. The number of nitrogens with zero attached hydrogens (tertiary/aromatic N) is 1. The summed E-state index contributed by atoms with van der Waals surface area (Å²) in [7, 11) is -1.89. The van der Waals surface area contributed by atoms with Crippen LogP contribution in [-0.2, 0) is 10.0 Å². The van der Waals surface area contributed by atoms with Crippen LogP contribution in [0.2, 0.25) is 0 Å². The number of benzene rings is 2. The van der Waals surface area contributed by atoms with Gasteiger partial charge in [-0.2, -0.15) is 4.31 Å². The Morgan fingerprint density at radius 1 is 1.13 bits per heavy atom. The van der Waals surface area contributed by atoms with Crippen LogP contribution in [0, 0.1) is 0 Å². The monoisotopic (exact) mass is 413 g/mol. The summed E-state index contributed by atoms with van der Waals surface area (Å²) in [5.41, 5.74) is 0.967. The molecule has 1 heterocycles. The van der Waals surface area contributed by atoms with Crippen molar-refractivity contribution in [1.82, 2.24) is 4.31 Å². The lowest BCUT2D eigenvalue weighted by Gasteiger charge is -2.23. The van der Waals surface area contributed by atoms with Crippen molar-refractivity contribution in [3.8, 4) is 5.75 Å². The Balaban J connectivity index is 1.92. The first-order chi connectivity index (χ1) is 11.0. The van der Waals surface area contributed by atoms with Crippen LogP contribution in [0.3, 0.4) is 0 Å². The van der Waals surface area contributed by atoms with Crippen LogP contribution in [0.25, 0.3) is 0 Å². The molecule has 7 heteroatoms. The van der Waals surface area contributed by atoms with E-state index >= 15 is 0 Å². The number of thioether (sulfide) groups is 1. The maximum Gasteiger partial charge on any atom is 0.244 e. The van der Waals surface area contributed by atoms with Crippen molar-refractivity contribution in [3.05, 3.63) is 58.6 Å². The Labute approximate surface area is 149 Å². The quantitative estimate of drug-likeness (QED) is 0.762. The van der Waals surface area contributed by atoms with Crippen molar-refractivity contribution in [2.24, 2.45) is 0 Å². The first-order valence-corrected chi connectivity index (χ1v) is 10.3. The maximum absolute atomic E-state index is 12.9. The third-order valence-electron chi connectivity index (χ3n) is 3.67. The normalized spacial score (nSPS) is 19.0. The molecule has 1 unspecified atom stereocenters. The Bertz CT molecular complexity index is 776. The molecule has 1 aliphatic heterocycles. The van der Waals surface area contributed by atoms with Gasteiger partial charge in [-0.1, -0.05) is 28.1 Å². The van der Waals surface area contributed by atoms with Gasteiger partial charge in [-0.05, 0) is 42.0 Å². The molecule has 122 valence electrons. The number of sulfonamides is 1. The van der Waals surface area contributed by atoms with Crippen molar-refractivity contribution in [2.75, 3.05) is 19.4 Å². The molecule has 0 spiro atoms. The largest absolute Gasteiger partial charge is 0.497 e. The van der Waals surface area contributed by atoms with Gasteiger partial charge >= 0.3 is 0 Å². The summed E-state index contributed by atoms with van der Waals surface area (Å²) >= 11 is 4.97. The minimum Gasteiger partial charge on any atom is -0.497 e. The summed E-state index contributed by atoms with van der Waals surface area (Å²) in [4.78, 5) is 0.321. The Hall–Kier alpha value is -1.02. The van der Waals surface area contributed by atoms with E-state index in [-0.39, 0.29) is 5.37 Å². The summed E-state index contributed by atoms with van der Waals surface area (Å²) in [6.07, 6.45) is 0. The lowest BCUT2D eigenvalue weighted by Crippen LogP contribution is -2.30. The first-order valence-electron chi connectivity index (χ1n) is 7.05. The zero-order valence-corrected chi connectivity index (χ0v) is 15.7. The molecule has 1 atom stereocenters. The van der Waals surface area contributed by atoms with Crippen molar-refractivity contribution in [3.63, 3.8) is 0 Å². The summed E-state index contributed by atoms with van der Waals surface area (Å²) < 4.78 is 33.4. The Kier molecular flexibility index (Phi) is 5.01. The highest BCUT2D eigenvalue weighted by atomic mass is 79.9. The van der Waals surface area contributed by atoms with E-state index in [0.717, 1.165) is 21.5 Å². The molecule has 0 bridgehead atoms. The molecule has 2 aromatic carbocycles. The van der Waals surface area contributed by atoms with Crippen LogP contribution in [0.5, 0.6) is 5.75 Å². The second-order valence-corrected chi connectivity index (χ2v) is 9.06. The zero-order chi connectivity index (χ0) is 16.4. The lowest BCUT2D eigenvalue weighted by atomic mass is 10.2. The van der Waals surface area contributed by atoms with Crippen LogP contribution in [0.4, 0.5) is 0 Å². The molecule has 0 amide bonds. The first kappa shape index (κ1) is 16.8. The second kappa shape index (κ2) is 6.84. The molecule has 0 aromatic heterocycles. The zero-order valence-electron chi connectivity index (χ0n) is 12.5. The van der Waals surface area contributed by atoms with Gasteiger partial charge in [0.2, 0.25) is 10.0 Å². The Morgan fingerprint density at radius 2 is 1.78 bits per heavy atom. The fraction of sp³-hybridized carbons (Fsp3) is 0.250. The predicted octanol–water partition coefficient (Wildman–Crippen LogP) is 3.89. The number of hydrogen-bond acceptors (Lipinski definition) is 4. The maximum atomic E-state index is 12.9. The van der Waals surface area contributed by atoms with E-state index in [1.165, 1.54) is 0 Å². The van der Waals surface area contributed by atoms with Crippen LogP contribution in [0.15, 0.2) is 57.9 Å². The summed E-state index contributed by atoms with van der Waals surface area (Å²) in [5.74, 6) is 1.55. The van der Waals surface area contributed by atoms with Gasteiger partial charge in [-0.15, -0.1) is 11.8 Å². The highest BCUT2D eigenvalue weighted by Crippen LogP contribution is 2.41. The molecular weight excluding hydrogens is 398 g/mol. The standard InChI is InChI=1S/C16H16BrNO3S2/c1-21-14-6-2-12(3-7-14)16-18(10-11-22-16)23(19,20)15-8-4-13(17)5-9-15/h2-9,16H,10-11H2,1H3. The van der Waals surface area contributed by atoms with E-state index in [4.69, 9.17) is 4.74 Å². The van der Waals surface area contributed by atoms with E-state index in [1.807, 2.05) is 24.3 Å². The minimum absolute atomic E-state index is 0.199. The van der Waals surface area contributed by atoms with Crippen LogP contribution in [-0.4, -0.2) is 32.1 Å². The Morgan fingerprint density at radius 3 is 2.39 bits per heavy atom. The lowest BCUT2D eigenvalue weighted by molar-refractivity contribution is 0.413. The van der Waals surface area contributed by atoms with Gasteiger partial charge in [0.25, 0.3) is 0 Å². The molecule has 4 nitrogen and oxygen atoms in total. The highest BCUT2D eigenvalue weighted by molar-refractivity contribution is 9.10. The molecular formula is C16H16BrNO3S2. The average molecular weight is 414 g/mol. The van der Waals surface area contributed by atoms with Gasteiger partial charge < -0.3 is 4.74 Å². The van der Waals surface area contributed by atoms with Crippen molar-refractivity contribution < 1.29 is 13.2 Å². The topological polar surface area (TPSA) is 46.6 Å². The van der Waals surface area contributed by atoms with E-state index in [1.54, 1.807) is 47.4 Å². The number of ether oxygens (including phenoxy) is 1. The second-order valence-electron chi connectivity index (χ2n) is 5.07. The molecule has 0 saturated carbocycles. The highest BCUT2D eigenvalue weighted by Gasteiger charge is 2.36. The average Bonchev–Trinajstić information content (AvgIpc) is 3.06. The van der Waals surface area contributed by atoms with E-state index in [2.05, 4.69) is 15.9 Å². The van der Waals surface area contributed by atoms with Crippen molar-refractivity contribution in [2.45, 2.75) is 10.3 Å². The summed E-state index contributed by atoms with van der Waals surface area (Å²) in [6.45, 7) is 0.514. The number of methoxy groups -OCH3 is 1. The van der Waals surface area contributed by atoms with Gasteiger partial charge in [-0.25, -0.2) is 8.42 Å². The molecule has 0 aliphatic carbocycles. The smallest absolute Gasteiger partial charge is 0.244 e. The number of hydrogen-bond donors (Lipinski definition) is 0. The summed E-state index contributed by atoms with van der Waals surface area (Å²) in [5, 5.41) is -0.199. The van der Waals surface area contributed by atoms with E-state index < -0.39 is 10.0 Å². The third-order valence-corrected chi connectivity index (χ3v) is 7.47. The van der Waals surface area contributed by atoms with Gasteiger partial charge in [0, 0.05) is 16.8 Å². The number of halogens is 1. The fourth-order valence-corrected chi connectivity index (χ4v) is 5.98. The van der Waals surface area contributed by atoms with Gasteiger partial charge in [0.1, 0.15) is 5.75 Å². The van der Waals surface area contributed by atoms with E-state index in [0.29, 0.717) is 11.4 Å². The van der Waals surface area contributed by atoms with Crippen LogP contribution < -0.4 is 4.74 Å². The molecule has 3 rings (SSSR count). The predicted molar refractivity (Wildman–Crippen MR) is 96.2 cm³/mol.